The van der Waals surface area contributed by atoms with Gasteiger partial charge < -0.3 is 5.11 Å². The smallest absolute Gasteiger partial charge is 0.303 e. The number of fused-ring (bicyclic) bond motifs is 1. The molecule has 2 aliphatic carbocycles. The molecule has 16 heavy (non-hydrogen) atoms. The second kappa shape index (κ2) is 4.19. The van der Waals surface area contributed by atoms with Crippen LogP contribution in [0.25, 0.3) is 0 Å². The van der Waals surface area contributed by atoms with Crippen molar-refractivity contribution >= 4 is 11.8 Å². The molecule has 2 aliphatic rings. The van der Waals surface area contributed by atoms with Gasteiger partial charge in [-0.1, -0.05) is 19.8 Å². The molecule has 3 atom stereocenters. The van der Waals surface area contributed by atoms with Crippen molar-refractivity contribution in [1.82, 2.24) is 0 Å². The van der Waals surface area contributed by atoms with E-state index in [-0.39, 0.29) is 11.8 Å². The maximum absolute atomic E-state index is 11.9. The lowest BCUT2D eigenvalue weighted by Gasteiger charge is -2.40. The number of hydrogen-bond donors (Lipinski definition) is 1. The van der Waals surface area contributed by atoms with Gasteiger partial charge in [0.15, 0.2) is 0 Å². The molecule has 0 aromatic carbocycles. The number of Topliss-reactive ketones (excluding diaryl/α,β-unsaturated/α-hetero) is 1. The van der Waals surface area contributed by atoms with E-state index in [1.54, 1.807) is 0 Å². The van der Waals surface area contributed by atoms with Crippen LogP contribution < -0.4 is 0 Å². The third kappa shape index (κ3) is 1.87. The molecule has 0 bridgehead atoms. The third-order valence-corrected chi connectivity index (χ3v) is 4.71. The van der Waals surface area contributed by atoms with E-state index in [1.165, 1.54) is 0 Å². The Balaban J connectivity index is 2.05. The molecule has 2 saturated carbocycles. The summed E-state index contributed by atoms with van der Waals surface area (Å²) in [5, 5.41) is 8.73. The first kappa shape index (κ1) is 11.6. The first-order chi connectivity index (χ1) is 7.54. The third-order valence-electron chi connectivity index (χ3n) is 4.71. The Hall–Kier alpha value is -0.860. The Morgan fingerprint density at radius 2 is 2.25 bits per heavy atom. The van der Waals surface area contributed by atoms with E-state index in [0.717, 1.165) is 32.1 Å². The van der Waals surface area contributed by atoms with Gasteiger partial charge in [-0.15, -0.1) is 0 Å². The van der Waals surface area contributed by atoms with Crippen LogP contribution in [-0.4, -0.2) is 16.9 Å². The van der Waals surface area contributed by atoms with Crippen LogP contribution in [0.1, 0.15) is 51.9 Å². The van der Waals surface area contributed by atoms with Crippen molar-refractivity contribution in [3.05, 3.63) is 0 Å². The zero-order chi connectivity index (χ0) is 11.8. The highest BCUT2D eigenvalue weighted by Crippen LogP contribution is 2.53. The fraction of sp³-hybridized carbons (Fsp3) is 0.846. The topological polar surface area (TPSA) is 54.4 Å². The molecule has 0 aromatic rings. The maximum atomic E-state index is 11.9. The molecule has 0 heterocycles. The molecular weight excluding hydrogens is 204 g/mol. The van der Waals surface area contributed by atoms with Crippen LogP contribution in [0.3, 0.4) is 0 Å². The molecule has 2 rings (SSSR count). The summed E-state index contributed by atoms with van der Waals surface area (Å²) in [5.41, 5.74) is -0.124. The number of ketones is 1. The van der Waals surface area contributed by atoms with Gasteiger partial charge in [-0.25, -0.2) is 0 Å². The van der Waals surface area contributed by atoms with Gasteiger partial charge in [-0.2, -0.15) is 0 Å². The van der Waals surface area contributed by atoms with Crippen molar-refractivity contribution in [2.75, 3.05) is 0 Å². The maximum Gasteiger partial charge on any atom is 0.303 e. The van der Waals surface area contributed by atoms with E-state index < -0.39 is 5.97 Å². The molecule has 2 unspecified atom stereocenters. The number of carbonyl (C=O) groups is 2. The minimum absolute atomic E-state index is 0.124. The number of aliphatic carboxylic acids is 1. The Bertz CT molecular complexity index is 310. The second-order valence-electron chi connectivity index (χ2n) is 5.57. The average Bonchev–Trinajstić information content (AvgIpc) is 2.53. The number of carbonyl (C=O) groups excluding carboxylic acids is 1. The second-order valence-corrected chi connectivity index (χ2v) is 5.57. The molecule has 0 aromatic heterocycles. The predicted octanol–water partition coefficient (Wildman–Crippen LogP) is 2.64. The van der Waals surface area contributed by atoms with Gasteiger partial charge in [0.05, 0.1) is 0 Å². The summed E-state index contributed by atoms with van der Waals surface area (Å²) in [4.78, 5) is 22.5. The van der Waals surface area contributed by atoms with E-state index in [0.29, 0.717) is 24.0 Å². The van der Waals surface area contributed by atoms with Crippen LogP contribution >= 0.6 is 0 Å². The molecule has 3 nitrogen and oxygen atoms in total. The number of carboxylic acids is 1. The minimum Gasteiger partial charge on any atom is -0.481 e. The molecular formula is C13H20O3. The summed E-state index contributed by atoms with van der Waals surface area (Å²) in [6, 6.07) is 0. The minimum atomic E-state index is -0.711. The van der Waals surface area contributed by atoms with Crippen LogP contribution in [0.5, 0.6) is 0 Å². The molecule has 0 spiro atoms. The first-order valence-corrected chi connectivity index (χ1v) is 6.29. The van der Waals surface area contributed by atoms with Gasteiger partial charge in [-0.3, -0.25) is 9.59 Å². The zero-order valence-electron chi connectivity index (χ0n) is 9.87. The van der Waals surface area contributed by atoms with E-state index in [1.807, 2.05) is 0 Å². The zero-order valence-corrected chi connectivity index (χ0v) is 9.87. The van der Waals surface area contributed by atoms with Crippen molar-refractivity contribution in [2.45, 2.75) is 51.9 Å². The lowest BCUT2D eigenvalue weighted by Crippen LogP contribution is -2.37. The summed E-state index contributed by atoms with van der Waals surface area (Å²) >= 11 is 0. The van der Waals surface area contributed by atoms with E-state index in [4.69, 9.17) is 5.11 Å². The van der Waals surface area contributed by atoms with E-state index >= 15 is 0 Å². The molecule has 0 radical (unpaired) electrons. The summed E-state index contributed by atoms with van der Waals surface area (Å²) in [7, 11) is 0. The highest BCUT2D eigenvalue weighted by atomic mass is 16.4. The molecule has 90 valence electrons. The molecule has 2 fully saturated rings. The number of rotatable bonds is 3. The summed E-state index contributed by atoms with van der Waals surface area (Å²) in [5.74, 6) is 0.614. The van der Waals surface area contributed by atoms with Crippen LogP contribution in [0.2, 0.25) is 0 Å². The highest BCUT2D eigenvalue weighted by molar-refractivity contribution is 5.87. The Morgan fingerprint density at radius 3 is 2.94 bits per heavy atom. The lowest BCUT2D eigenvalue weighted by molar-refractivity contribution is -0.137. The Morgan fingerprint density at radius 1 is 1.50 bits per heavy atom. The molecule has 3 heteroatoms. The van der Waals surface area contributed by atoms with Crippen molar-refractivity contribution in [1.29, 1.82) is 0 Å². The van der Waals surface area contributed by atoms with Crippen LogP contribution in [0.4, 0.5) is 0 Å². The normalized spacial score (nSPS) is 38.4. The summed E-state index contributed by atoms with van der Waals surface area (Å²) in [6.07, 6.45) is 5.92. The van der Waals surface area contributed by atoms with Crippen LogP contribution in [-0.2, 0) is 9.59 Å². The van der Waals surface area contributed by atoms with Crippen molar-refractivity contribution in [3.8, 4) is 0 Å². The lowest BCUT2D eigenvalue weighted by atomic mass is 9.63. The summed E-state index contributed by atoms with van der Waals surface area (Å²) < 4.78 is 0. The Kier molecular flexibility index (Phi) is 3.04. The SMILES string of the molecule is C[C@]12CCCC(CCC(=O)O)C1CCC2=O. The van der Waals surface area contributed by atoms with Gasteiger partial charge >= 0.3 is 5.97 Å². The first-order valence-electron chi connectivity index (χ1n) is 6.29. The standard InChI is InChI=1S/C13H20O3/c1-13-8-2-3-9(4-7-12(15)16)10(13)5-6-11(13)14/h9-10H,2-8H2,1H3,(H,15,16)/t9?,10?,13-/m0/s1. The number of hydrogen-bond acceptors (Lipinski definition) is 2. The van der Waals surface area contributed by atoms with Crippen LogP contribution in [0, 0.1) is 17.3 Å². The van der Waals surface area contributed by atoms with Crippen molar-refractivity contribution < 1.29 is 14.7 Å². The number of carboxylic acid groups (broad SMARTS) is 1. The summed E-state index contributed by atoms with van der Waals surface area (Å²) in [6.45, 7) is 2.10. The quantitative estimate of drug-likeness (QED) is 0.801. The van der Waals surface area contributed by atoms with Crippen molar-refractivity contribution in [3.63, 3.8) is 0 Å². The molecule has 0 saturated heterocycles. The predicted molar refractivity (Wildman–Crippen MR) is 60.0 cm³/mol. The molecule has 1 N–H and O–H groups in total. The van der Waals surface area contributed by atoms with Crippen molar-refractivity contribution in [2.24, 2.45) is 17.3 Å². The van der Waals surface area contributed by atoms with Gasteiger partial charge in [-0.05, 0) is 31.1 Å². The fourth-order valence-electron chi connectivity index (χ4n) is 3.77. The van der Waals surface area contributed by atoms with Gasteiger partial charge in [0.25, 0.3) is 0 Å². The van der Waals surface area contributed by atoms with E-state index in [2.05, 4.69) is 6.92 Å². The average molecular weight is 224 g/mol. The monoisotopic (exact) mass is 224 g/mol. The fourth-order valence-corrected chi connectivity index (χ4v) is 3.77. The van der Waals surface area contributed by atoms with Gasteiger partial charge in [0.1, 0.15) is 5.78 Å². The Labute approximate surface area is 96.2 Å². The van der Waals surface area contributed by atoms with E-state index in [9.17, 15) is 9.59 Å². The molecule has 0 aliphatic heterocycles. The highest BCUT2D eigenvalue weighted by Gasteiger charge is 2.50. The van der Waals surface area contributed by atoms with Gasteiger partial charge in [0.2, 0.25) is 0 Å². The van der Waals surface area contributed by atoms with Gasteiger partial charge in [0, 0.05) is 18.3 Å². The van der Waals surface area contributed by atoms with Crippen LogP contribution in [0.15, 0.2) is 0 Å². The largest absolute Gasteiger partial charge is 0.481 e. The molecule has 0 amide bonds.